The van der Waals surface area contributed by atoms with E-state index in [-0.39, 0.29) is 21.1 Å². The minimum absolute atomic E-state index is 0. The molecule has 2 aliphatic heterocycles. The van der Waals surface area contributed by atoms with E-state index in [0.29, 0.717) is 0 Å². The van der Waals surface area contributed by atoms with Crippen LogP contribution in [0, 0.1) is 25.5 Å². The van der Waals surface area contributed by atoms with E-state index >= 15 is 0 Å². The molecule has 0 N–H and O–H groups in total. The van der Waals surface area contributed by atoms with E-state index in [1.807, 2.05) is 24.3 Å². The van der Waals surface area contributed by atoms with Crippen molar-refractivity contribution in [1.82, 2.24) is 0 Å². The molecule has 0 saturated heterocycles. The van der Waals surface area contributed by atoms with Gasteiger partial charge in [-0.1, -0.05) is 24.3 Å². The zero-order valence-corrected chi connectivity index (χ0v) is 20.2. The van der Waals surface area contributed by atoms with Crippen molar-refractivity contribution in [3.63, 3.8) is 0 Å². The van der Waals surface area contributed by atoms with Crippen LogP contribution in [0.5, 0.6) is 0 Å². The van der Waals surface area contributed by atoms with E-state index in [9.17, 15) is 0 Å². The number of anilines is 6. The third-order valence-corrected chi connectivity index (χ3v) is 5.90. The molecule has 5 heteroatoms. The molecule has 4 nitrogen and oxygen atoms in total. The van der Waals surface area contributed by atoms with Crippen molar-refractivity contribution in [2.24, 2.45) is 0 Å². The van der Waals surface area contributed by atoms with Crippen molar-refractivity contribution >= 4 is 34.1 Å². The van der Waals surface area contributed by atoms with Gasteiger partial charge in [0.15, 0.2) is 0 Å². The summed E-state index contributed by atoms with van der Waals surface area (Å²) in [5.74, 6) is 0. The molecule has 0 aliphatic carbocycles. The molecule has 33 heavy (non-hydrogen) atoms. The van der Waals surface area contributed by atoms with Crippen molar-refractivity contribution in [3.8, 4) is 0 Å². The van der Waals surface area contributed by atoms with E-state index in [2.05, 4.69) is 118 Å². The number of hydrogen-bond donors (Lipinski definition) is 0. The summed E-state index contributed by atoms with van der Waals surface area (Å²) in [6, 6.07) is 40.0. The molecule has 6 rings (SSSR count). The fraction of sp³-hybridized carbons (Fsp3) is 0.0714. The summed E-state index contributed by atoms with van der Waals surface area (Å²) in [6.45, 7) is 6.08. The maximum atomic E-state index is 3.35. The minimum atomic E-state index is 0. The van der Waals surface area contributed by atoms with Crippen LogP contribution in [0.4, 0.5) is 34.1 Å². The number of nitrogens with zero attached hydrogens (tertiary/aromatic N) is 4. The SMILES string of the molecule is [Pt+4].[c-]1ccccc1N1[CH-]N(CCN2[CH-]N(c3[c-]cccc3)c3ccccc32)c2ccccc21. The van der Waals surface area contributed by atoms with Crippen LogP contribution in [-0.4, -0.2) is 13.1 Å². The second kappa shape index (κ2) is 9.33. The van der Waals surface area contributed by atoms with Gasteiger partial charge in [0.05, 0.1) is 0 Å². The van der Waals surface area contributed by atoms with Gasteiger partial charge < -0.3 is 19.6 Å². The van der Waals surface area contributed by atoms with Crippen molar-refractivity contribution in [3.05, 3.63) is 123 Å². The Bertz CT molecular complexity index is 1120. The Labute approximate surface area is 209 Å². The Morgan fingerprint density at radius 3 is 1.30 bits per heavy atom. The van der Waals surface area contributed by atoms with Crippen LogP contribution in [0.3, 0.4) is 0 Å². The molecular weight excluding hydrogens is 587 g/mol. The molecule has 0 bridgehead atoms. The average Bonchev–Trinajstić information content (AvgIpc) is 3.43. The second-order valence-corrected chi connectivity index (χ2v) is 7.83. The van der Waals surface area contributed by atoms with E-state index in [1.165, 1.54) is 22.7 Å². The maximum Gasteiger partial charge on any atom is 4.00 e. The van der Waals surface area contributed by atoms with E-state index in [4.69, 9.17) is 0 Å². The number of hydrogen-bond acceptors (Lipinski definition) is 4. The quantitative estimate of drug-likeness (QED) is 0.252. The largest absolute Gasteiger partial charge is 4.00 e. The first kappa shape index (κ1) is 21.6. The van der Waals surface area contributed by atoms with E-state index < -0.39 is 0 Å². The summed E-state index contributed by atoms with van der Waals surface area (Å²) in [7, 11) is 0. The first-order valence-electron chi connectivity index (χ1n) is 10.8. The molecule has 0 atom stereocenters. The molecule has 0 fully saturated rings. The van der Waals surface area contributed by atoms with Gasteiger partial charge in [-0.05, 0) is 24.3 Å². The van der Waals surface area contributed by atoms with Gasteiger partial charge >= 0.3 is 21.1 Å². The van der Waals surface area contributed by atoms with Crippen LogP contribution in [0.25, 0.3) is 0 Å². The van der Waals surface area contributed by atoms with Gasteiger partial charge in [0.2, 0.25) is 0 Å². The predicted octanol–water partition coefficient (Wildman–Crippen LogP) is 6.14. The Morgan fingerprint density at radius 2 is 0.909 bits per heavy atom. The van der Waals surface area contributed by atoms with Crippen LogP contribution in [0.2, 0.25) is 0 Å². The van der Waals surface area contributed by atoms with Crippen LogP contribution in [-0.2, 0) is 21.1 Å². The van der Waals surface area contributed by atoms with E-state index in [0.717, 1.165) is 24.5 Å². The first-order valence-corrected chi connectivity index (χ1v) is 10.8. The normalized spacial score (nSPS) is 14.2. The van der Waals surface area contributed by atoms with Gasteiger partial charge in [-0.2, -0.15) is 74.0 Å². The van der Waals surface area contributed by atoms with Gasteiger partial charge in [0.25, 0.3) is 0 Å². The van der Waals surface area contributed by atoms with Crippen LogP contribution < -0.4 is 19.6 Å². The van der Waals surface area contributed by atoms with Crippen molar-refractivity contribution in [1.29, 1.82) is 0 Å². The molecule has 4 aromatic rings. The Hall–Kier alpha value is -3.23. The fourth-order valence-corrected chi connectivity index (χ4v) is 4.37. The van der Waals surface area contributed by atoms with Crippen LogP contribution >= 0.6 is 0 Å². The molecular formula is C28H22N4Pt. The molecule has 4 aromatic carbocycles. The molecule has 0 radical (unpaired) electrons. The van der Waals surface area contributed by atoms with E-state index in [1.54, 1.807) is 0 Å². The van der Waals surface area contributed by atoms with Gasteiger partial charge in [-0.15, -0.1) is 11.4 Å². The standard InChI is InChI=1S/C28H22N4.Pt/c1-3-11-23(12-4-1)31-21-29(25-15-7-9-17-27(25)31)19-20-30-22-32(24-13-5-2-6-14-24)28-18-10-8-16-26(28)30;/h1-11,13,15-18,21-22H,19-20H2;/q-4;+4. The number of benzene rings is 4. The van der Waals surface area contributed by atoms with Crippen LogP contribution in [0.1, 0.15) is 0 Å². The summed E-state index contributed by atoms with van der Waals surface area (Å²) >= 11 is 0. The zero-order valence-electron chi connectivity index (χ0n) is 17.9. The van der Waals surface area contributed by atoms with Crippen LogP contribution in [0.15, 0.2) is 97.1 Å². The summed E-state index contributed by atoms with van der Waals surface area (Å²) in [6.07, 6.45) is 0. The smallest absolute Gasteiger partial charge is 0.500 e. The summed E-state index contributed by atoms with van der Waals surface area (Å²) in [4.78, 5) is 9.07. The summed E-state index contributed by atoms with van der Waals surface area (Å²) in [5.41, 5.74) is 6.89. The Balaban J connectivity index is 0.00000228. The predicted molar refractivity (Wildman–Crippen MR) is 131 cm³/mol. The molecule has 2 heterocycles. The van der Waals surface area contributed by atoms with Gasteiger partial charge in [-0.3, -0.25) is 0 Å². The second-order valence-electron chi connectivity index (χ2n) is 7.83. The molecule has 0 amide bonds. The Morgan fingerprint density at radius 1 is 0.515 bits per heavy atom. The average molecular weight is 610 g/mol. The molecule has 0 aromatic heterocycles. The molecule has 2 aliphatic rings. The third-order valence-electron chi connectivity index (χ3n) is 5.90. The topological polar surface area (TPSA) is 13.0 Å². The summed E-state index contributed by atoms with van der Waals surface area (Å²) < 4.78 is 0. The molecule has 0 unspecified atom stereocenters. The molecule has 0 saturated carbocycles. The fourth-order valence-electron chi connectivity index (χ4n) is 4.37. The van der Waals surface area contributed by atoms with Gasteiger partial charge in [-0.25, -0.2) is 0 Å². The molecule has 164 valence electrons. The number of rotatable bonds is 5. The number of fused-ring (bicyclic) bond motifs is 2. The Kier molecular flexibility index (Phi) is 6.11. The van der Waals surface area contributed by atoms with Gasteiger partial charge in [0, 0.05) is 35.8 Å². The number of para-hydroxylation sites is 6. The first-order chi connectivity index (χ1) is 15.9. The van der Waals surface area contributed by atoms with Crippen molar-refractivity contribution in [2.45, 2.75) is 0 Å². The van der Waals surface area contributed by atoms with Crippen molar-refractivity contribution < 1.29 is 21.1 Å². The zero-order chi connectivity index (χ0) is 21.3. The maximum absolute atomic E-state index is 3.35. The monoisotopic (exact) mass is 609 g/mol. The minimum Gasteiger partial charge on any atom is -0.500 e. The van der Waals surface area contributed by atoms with Crippen molar-refractivity contribution in [2.75, 3.05) is 32.7 Å². The van der Waals surface area contributed by atoms with Gasteiger partial charge in [0.1, 0.15) is 0 Å². The third kappa shape index (κ3) is 4.00. The summed E-state index contributed by atoms with van der Waals surface area (Å²) in [5, 5.41) is 0. The molecule has 0 spiro atoms.